The molecule has 1 unspecified atom stereocenters. The van der Waals surface area contributed by atoms with Gasteiger partial charge in [-0.1, -0.05) is 11.6 Å². The molecule has 98 valence electrons. The summed E-state index contributed by atoms with van der Waals surface area (Å²) in [5, 5.41) is 14.2. The number of halogens is 1. The predicted octanol–water partition coefficient (Wildman–Crippen LogP) is 2.03. The number of unbranched alkanes of at least 4 members (excludes halogenated alkanes) is 1. The van der Waals surface area contributed by atoms with Crippen LogP contribution in [0.4, 0.5) is 0 Å². The highest BCUT2D eigenvalue weighted by molar-refractivity contribution is 6.31. The molecule has 0 aromatic carbocycles. The molecule has 1 rings (SSSR count). The molecule has 4 nitrogen and oxygen atoms in total. The molecule has 5 heteroatoms. The molecular formula is C12H22ClN3O. The van der Waals surface area contributed by atoms with Gasteiger partial charge in [-0.2, -0.15) is 5.10 Å². The topological polar surface area (TPSA) is 64.1 Å². The molecule has 0 aliphatic heterocycles. The van der Waals surface area contributed by atoms with Crippen LogP contribution in [0.5, 0.6) is 0 Å². The fourth-order valence-corrected chi connectivity index (χ4v) is 1.90. The van der Waals surface area contributed by atoms with Gasteiger partial charge in [0.05, 0.1) is 23.0 Å². The number of aliphatic hydroxyl groups excluding tert-OH is 1. The molecule has 0 saturated carbocycles. The van der Waals surface area contributed by atoms with E-state index in [1.165, 1.54) is 0 Å². The first-order valence-corrected chi connectivity index (χ1v) is 6.34. The molecule has 0 aliphatic carbocycles. The molecule has 0 fully saturated rings. The monoisotopic (exact) mass is 259 g/mol. The van der Waals surface area contributed by atoms with Gasteiger partial charge in [0.25, 0.3) is 0 Å². The minimum absolute atomic E-state index is 0.0265. The van der Waals surface area contributed by atoms with E-state index in [1.54, 1.807) is 0 Å². The normalized spacial score (nSPS) is 14.9. The molecule has 1 atom stereocenters. The Hall–Kier alpha value is -0.580. The van der Waals surface area contributed by atoms with E-state index in [4.69, 9.17) is 22.4 Å². The van der Waals surface area contributed by atoms with Crippen LogP contribution in [0.15, 0.2) is 0 Å². The van der Waals surface area contributed by atoms with Crippen molar-refractivity contribution in [1.29, 1.82) is 0 Å². The van der Waals surface area contributed by atoms with Crippen molar-refractivity contribution in [2.45, 2.75) is 52.1 Å². The fourth-order valence-electron chi connectivity index (χ4n) is 1.76. The zero-order valence-corrected chi connectivity index (χ0v) is 11.6. The van der Waals surface area contributed by atoms with Crippen molar-refractivity contribution >= 4 is 11.6 Å². The molecule has 0 saturated heterocycles. The minimum atomic E-state index is -0.466. The van der Waals surface area contributed by atoms with Crippen molar-refractivity contribution < 1.29 is 5.11 Å². The zero-order chi connectivity index (χ0) is 13.1. The first-order valence-electron chi connectivity index (χ1n) is 5.96. The van der Waals surface area contributed by atoms with Gasteiger partial charge in [0.1, 0.15) is 0 Å². The Kier molecular flexibility index (Phi) is 4.98. The number of hydrogen-bond donors (Lipinski definition) is 2. The molecule has 1 aromatic rings. The van der Waals surface area contributed by atoms with Crippen LogP contribution in [-0.2, 0) is 6.54 Å². The van der Waals surface area contributed by atoms with Crippen LogP contribution < -0.4 is 5.73 Å². The summed E-state index contributed by atoms with van der Waals surface area (Å²) in [5.74, 6) is 0. The number of aryl methyl sites for hydroxylation is 2. The van der Waals surface area contributed by atoms with E-state index in [-0.39, 0.29) is 6.61 Å². The molecule has 3 N–H and O–H groups in total. The van der Waals surface area contributed by atoms with Crippen LogP contribution in [0.2, 0.25) is 5.02 Å². The highest BCUT2D eigenvalue weighted by Gasteiger charge is 2.16. The van der Waals surface area contributed by atoms with Gasteiger partial charge < -0.3 is 10.8 Å². The molecule has 17 heavy (non-hydrogen) atoms. The van der Waals surface area contributed by atoms with E-state index in [2.05, 4.69) is 5.10 Å². The van der Waals surface area contributed by atoms with Gasteiger partial charge in [-0.05, 0) is 40.0 Å². The van der Waals surface area contributed by atoms with E-state index in [0.717, 1.165) is 42.2 Å². The number of nitrogens with zero attached hydrogens (tertiary/aromatic N) is 2. The zero-order valence-electron chi connectivity index (χ0n) is 10.8. The third-order valence-corrected chi connectivity index (χ3v) is 3.57. The Bertz CT molecular complexity index is 374. The number of aromatic nitrogens is 2. The number of nitrogens with two attached hydrogens (primary N) is 1. The van der Waals surface area contributed by atoms with Gasteiger partial charge in [-0.15, -0.1) is 0 Å². The summed E-state index contributed by atoms with van der Waals surface area (Å²) in [6.07, 6.45) is 2.78. The molecule has 0 radical (unpaired) electrons. The number of aliphatic hydroxyl groups is 1. The van der Waals surface area contributed by atoms with Crippen molar-refractivity contribution in [1.82, 2.24) is 9.78 Å². The van der Waals surface area contributed by atoms with Gasteiger partial charge in [0, 0.05) is 12.1 Å². The van der Waals surface area contributed by atoms with E-state index in [0.29, 0.717) is 0 Å². The summed E-state index contributed by atoms with van der Waals surface area (Å²) in [5.41, 5.74) is 7.29. The van der Waals surface area contributed by atoms with Crippen molar-refractivity contribution in [2.75, 3.05) is 6.61 Å². The second-order valence-electron chi connectivity index (χ2n) is 4.98. The number of rotatable bonds is 6. The van der Waals surface area contributed by atoms with E-state index >= 15 is 0 Å². The first-order chi connectivity index (χ1) is 7.87. The van der Waals surface area contributed by atoms with E-state index in [9.17, 15) is 0 Å². The fraction of sp³-hybridized carbons (Fsp3) is 0.750. The highest BCUT2D eigenvalue weighted by Crippen LogP contribution is 2.19. The SMILES string of the molecule is Cc1nn(CCCCC(C)(N)CO)c(C)c1Cl. The Labute approximate surface area is 108 Å². The largest absolute Gasteiger partial charge is 0.394 e. The maximum atomic E-state index is 9.03. The van der Waals surface area contributed by atoms with Crippen LogP contribution >= 0.6 is 11.6 Å². The van der Waals surface area contributed by atoms with Gasteiger partial charge >= 0.3 is 0 Å². The Balaban J connectivity index is 2.39. The second-order valence-corrected chi connectivity index (χ2v) is 5.36. The molecule has 0 amide bonds. The summed E-state index contributed by atoms with van der Waals surface area (Å²) < 4.78 is 1.93. The third kappa shape index (κ3) is 3.98. The standard InChI is InChI=1S/C12H22ClN3O/c1-9-11(13)10(2)16(15-9)7-5-4-6-12(3,14)8-17/h17H,4-8,14H2,1-3H3. The molecule has 0 aliphatic rings. The summed E-state index contributed by atoms with van der Waals surface area (Å²) in [6, 6.07) is 0. The summed E-state index contributed by atoms with van der Waals surface area (Å²) in [7, 11) is 0. The molecular weight excluding hydrogens is 238 g/mol. The lowest BCUT2D eigenvalue weighted by Gasteiger charge is -2.21. The summed E-state index contributed by atoms with van der Waals surface area (Å²) in [6.45, 7) is 6.63. The summed E-state index contributed by atoms with van der Waals surface area (Å²) >= 11 is 6.07. The van der Waals surface area contributed by atoms with Crippen LogP contribution in [0.3, 0.4) is 0 Å². The van der Waals surface area contributed by atoms with Crippen LogP contribution in [0.25, 0.3) is 0 Å². The quantitative estimate of drug-likeness (QED) is 0.769. The molecule has 0 bridgehead atoms. The van der Waals surface area contributed by atoms with Crippen LogP contribution in [0, 0.1) is 13.8 Å². The van der Waals surface area contributed by atoms with Crippen molar-refractivity contribution in [3.05, 3.63) is 16.4 Å². The van der Waals surface area contributed by atoms with Crippen LogP contribution in [-0.4, -0.2) is 27.0 Å². The lowest BCUT2D eigenvalue weighted by Crippen LogP contribution is -2.39. The lowest BCUT2D eigenvalue weighted by atomic mass is 9.97. The van der Waals surface area contributed by atoms with Crippen molar-refractivity contribution in [2.24, 2.45) is 5.73 Å². The second kappa shape index (κ2) is 5.85. The Morgan fingerprint density at radius 1 is 1.41 bits per heavy atom. The lowest BCUT2D eigenvalue weighted by molar-refractivity contribution is 0.197. The van der Waals surface area contributed by atoms with E-state index < -0.39 is 5.54 Å². The maximum Gasteiger partial charge on any atom is 0.0844 e. The van der Waals surface area contributed by atoms with Crippen molar-refractivity contribution in [3.8, 4) is 0 Å². The predicted molar refractivity (Wildman–Crippen MR) is 70.2 cm³/mol. The smallest absolute Gasteiger partial charge is 0.0844 e. The highest BCUT2D eigenvalue weighted by atomic mass is 35.5. The number of hydrogen-bond acceptors (Lipinski definition) is 3. The van der Waals surface area contributed by atoms with Gasteiger partial charge in [0.15, 0.2) is 0 Å². The Morgan fingerprint density at radius 3 is 2.53 bits per heavy atom. The van der Waals surface area contributed by atoms with Gasteiger partial charge in [-0.25, -0.2) is 0 Å². The van der Waals surface area contributed by atoms with E-state index in [1.807, 2.05) is 25.5 Å². The van der Waals surface area contributed by atoms with Gasteiger partial charge in [0.2, 0.25) is 0 Å². The first kappa shape index (κ1) is 14.5. The Morgan fingerprint density at radius 2 is 2.06 bits per heavy atom. The summed E-state index contributed by atoms with van der Waals surface area (Å²) in [4.78, 5) is 0. The minimum Gasteiger partial charge on any atom is -0.394 e. The molecule has 1 aromatic heterocycles. The third-order valence-electron chi connectivity index (χ3n) is 3.02. The molecule has 1 heterocycles. The maximum absolute atomic E-state index is 9.03. The average Bonchev–Trinajstić information content (AvgIpc) is 2.52. The van der Waals surface area contributed by atoms with Crippen LogP contribution in [0.1, 0.15) is 37.6 Å². The molecule has 0 spiro atoms. The van der Waals surface area contributed by atoms with Crippen molar-refractivity contribution in [3.63, 3.8) is 0 Å². The van der Waals surface area contributed by atoms with Gasteiger partial charge in [-0.3, -0.25) is 4.68 Å². The average molecular weight is 260 g/mol.